The Labute approximate surface area is 197 Å². The van der Waals surface area contributed by atoms with Crippen molar-refractivity contribution in [2.24, 2.45) is 0 Å². The quantitative estimate of drug-likeness (QED) is 0.412. The average Bonchev–Trinajstić information content (AvgIpc) is 2.82. The van der Waals surface area contributed by atoms with Crippen LogP contribution in [0.5, 0.6) is 5.75 Å². The first-order valence-corrected chi connectivity index (χ1v) is 11.6. The molecule has 0 aromatic heterocycles. The normalized spacial score (nSPS) is 15.0. The summed E-state index contributed by atoms with van der Waals surface area (Å²) >= 11 is 0. The molecule has 0 aliphatic carbocycles. The van der Waals surface area contributed by atoms with Crippen LogP contribution in [-0.4, -0.2) is 64.7 Å². The van der Waals surface area contributed by atoms with Gasteiger partial charge in [-0.15, -0.1) is 0 Å². The highest BCUT2D eigenvalue weighted by Crippen LogP contribution is 2.34. The Balaban J connectivity index is 1.82. The van der Waals surface area contributed by atoms with E-state index in [9.17, 15) is 9.90 Å². The van der Waals surface area contributed by atoms with E-state index >= 15 is 0 Å². The fourth-order valence-electron chi connectivity index (χ4n) is 4.45. The minimum atomic E-state index is 0.0425. The summed E-state index contributed by atoms with van der Waals surface area (Å²) in [4.78, 5) is 19.1. The number of hydrogen-bond donors (Lipinski definition) is 2. The largest absolute Gasteiger partial charge is 0.516 e. The first kappa shape index (κ1) is 24.4. The molecule has 0 saturated carbocycles. The van der Waals surface area contributed by atoms with Crippen LogP contribution < -0.4 is 4.90 Å². The van der Waals surface area contributed by atoms with Crippen LogP contribution in [0.2, 0.25) is 0 Å². The van der Waals surface area contributed by atoms with Crippen LogP contribution >= 0.6 is 0 Å². The molecule has 1 aliphatic heterocycles. The number of amides is 1. The highest BCUT2D eigenvalue weighted by Gasteiger charge is 2.26. The lowest BCUT2D eigenvalue weighted by Gasteiger charge is -2.40. The van der Waals surface area contributed by atoms with E-state index in [1.165, 1.54) is 0 Å². The molecule has 1 saturated heterocycles. The molecule has 6 nitrogen and oxygen atoms in total. The first-order chi connectivity index (χ1) is 16.0. The van der Waals surface area contributed by atoms with Crippen molar-refractivity contribution in [3.05, 3.63) is 78.6 Å². The predicted octanol–water partition coefficient (Wildman–Crippen LogP) is 5.10. The van der Waals surface area contributed by atoms with E-state index in [1.807, 2.05) is 55.1 Å². The summed E-state index contributed by atoms with van der Waals surface area (Å²) in [5, 5.41) is 19.1. The second kappa shape index (κ2) is 11.6. The molecule has 0 radical (unpaired) electrons. The number of hydrogen-bond acceptors (Lipinski definition) is 5. The number of benzene rings is 2. The Morgan fingerprint density at radius 3 is 2.33 bits per heavy atom. The van der Waals surface area contributed by atoms with Crippen LogP contribution in [0.3, 0.4) is 0 Å². The third-order valence-electron chi connectivity index (χ3n) is 6.21. The average molecular weight is 450 g/mol. The van der Waals surface area contributed by atoms with Gasteiger partial charge in [-0.25, -0.2) is 0 Å². The van der Waals surface area contributed by atoms with Gasteiger partial charge < -0.3 is 20.0 Å². The van der Waals surface area contributed by atoms with Gasteiger partial charge in [0.1, 0.15) is 5.75 Å². The third kappa shape index (κ3) is 6.17. The van der Waals surface area contributed by atoms with E-state index in [2.05, 4.69) is 16.4 Å². The summed E-state index contributed by atoms with van der Waals surface area (Å²) in [6, 6.07) is 15.4. The van der Waals surface area contributed by atoms with Crippen molar-refractivity contribution in [3.63, 3.8) is 0 Å². The molecule has 0 unspecified atom stereocenters. The Bertz CT molecular complexity index is 959. The lowest BCUT2D eigenvalue weighted by molar-refractivity contribution is 0.0773. The Morgan fingerprint density at radius 2 is 1.76 bits per heavy atom. The summed E-state index contributed by atoms with van der Waals surface area (Å²) in [6.45, 7) is 11.9. The number of phenolic OH excluding ortho intramolecular Hbond substituents is 1. The Morgan fingerprint density at radius 1 is 1.09 bits per heavy atom. The predicted molar refractivity (Wildman–Crippen MR) is 134 cm³/mol. The number of aliphatic hydroxyl groups excluding tert-OH is 1. The highest BCUT2D eigenvalue weighted by atomic mass is 16.3. The van der Waals surface area contributed by atoms with Crippen molar-refractivity contribution < 1.29 is 15.0 Å². The number of phenols is 1. The molecule has 2 N–H and O–H groups in total. The van der Waals surface area contributed by atoms with Crippen molar-refractivity contribution in [1.29, 1.82) is 0 Å². The van der Waals surface area contributed by atoms with Gasteiger partial charge in [-0.1, -0.05) is 12.6 Å². The molecule has 0 spiro atoms. The van der Waals surface area contributed by atoms with Crippen LogP contribution in [0.15, 0.2) is 73.0 Å². The summed E-state index contributed by atoms with van der Waals surface area (Å²) in [5.74, 6) is 0.274. The van der Waals surface area contributed by atoms with Crippen molar-refractivity contribution in [2.75, 3.05) is 37.6 Å². The molecule has 0 bridgehead atoms. The van der Waals surface area contributed by atoms with E-state index in [0.29, 0.717) is 18.7 Å². The van der Waals surface area contributed by atoms with Crippen LogP contribution in [0, 0.1) is 0 Å². The van der Waals surface area contributed by atoms with Crippen molar-refractivity contribution in [3.8, 4) is 5.75 Å². The minimum absolute atomic E-state index is 0.0425. The van der Waals surface area contributed by atoms with Gasteiger partial charge in [-0.05, 0) is 74.7 Å². The van der Waals surface area contributed by atoms with E-state index in [0.717, 1.165) is 55.7 Å². The zero-order valence-corrected chi connectivity index (χ0v) is 19.7. The van der Waals surface area contributed by atoms with Gasteiger partial charge >= 0.3 is 0 Å². The SMILES string of the molecule is C=C(/C=C\O)CN1CCC(N(c2ccc(C(=O)N(CC)CC)cc2)c2cccc(O)c2)CC1. The molecule has 176 valence electrons. The number of carbonyl (C=O) groups excluding carboxylic acids is 1. The van der Waals surface area contributed by atoms with Gasteiger partial charge in [0, 0.05) is 61.8 Å². The second-order valence-corrected chi connectivity index (χ2v) is 8.40. The van der Waals surface area contributed by atoms with Crippen LogP contribution in [0.4, 0.5) is 11.4 Å². The molecule has 2 aromatic rings. The molecule has 1 heterocycles. The topological polar surface area (TPSA) is 67.2 Å². The lowest BCUT2D eigenvalue weighted by atomic mass is 10.00. The van der Waals surface area contributed by atoms with Crippen molar-refractivity contribution >= 4 is 17.3 Å². The van der Waals surface area contributed by atoms with Crippen LogP contribution in [0.1, 0.15) is 37.0 Å². The van der Waals surface area contributed by atoms with Gasteiger partial charge in [0.2, 0.25) is 0 Å². The molecule has 0 atom stereocenters. The van der Waals surface area contributed by atoms with Gasteiger partial charge in [0.25, 0.3) is 5.91 Å². The number of carbonyl (C=O) groups is 1. The number of aromatic hydroxyl groups is 1. The number of aliphatic hydroxyl groups is 1. The summed E-state index contributed by atoms with van der Waals surface area (Å²) in [7, 11) is 0. The van der Waals surface area contributed by atoms with E-state index < -0.39 is 0 Å². The standard InChI is InChI=1S/C27H35N3O3/c1-4-29(5-2)27(33)22-9-11-23(12-10-22)30(25-7-6-8-26(32)19-25)24-13-16-28(17-14-24)20-21(3)15-18-31/h6-12,15,18-19,24,31-32H,3-5,13-14,16-17,20H2,1-2H3/b18-15-. The van der Waals surface area contributed by atoms with Gasteiger partial charge in [0.15, 0.2) is 0 Å². The van der Waals surface area contributed by atoms with Crippen molar-refractivity contribution in [2.45, 2.75) is 32.7 Å². The first-order valence-electron chi connectivity index (χ1n) is 11.6. The Hall–Kier alpha value is -3.25. The monoisotopic (exact) mass is 449 g/mol. The smallest absolute Gasteiger partial charge is 0.253 e. The molecule has 2 aromatic carbocycles. The van der Waals surface area contributed by atoms with E-state index in [-0.39, 0.29) is 17.7 Å². The van der Waals surface area contributed by atoms with Gasteiger partial charge in [-0.3, -0.25) is 9.69 Å². The number of likely N-dealkylation sites (tertiary alicyclic amines) is 1. The maximum Gasteiger partial charge on any atom is 0.253 e. The van der Waals surface area contributed by atoms with Crippen LogP contribution in [-0.2, 0) is 0 Å². The number of anilines is 2. The highest BCUT2D eigenvalue weighted by molar-refractivity contribution is 5.94. The fraction of sp³-hybridized carbons (Fsp3) is 0.370. The molecular formula is C27H35N3O3. The molecular weight excluding hydrogens is 414 g/mol. The number of nitrogens with zero attached hydrogens (tertiary/aromatic N) is 3. The molecule has 3 rings (SSSR count). The fourth-order valence-corrected chi connectivity index (χ4v) is 4.45. The van der Waals surface area contributed by atoms with Crippen LogP contribution in [0.25, 0.3) is 0 Å². The maximum absolute atomic E-state index is 12.7. The van der Waals surface area contributed by atoms with Gasteiger partial charge in [-0.2, -0.15) is 0 Å². The van der Waals surface area contributed by atoms with Gasteiger partial charge in [0.05, 0.1) is 6.26 Å². The summed E-state index contributed by atoms with van der Waals surface area (Å²) in [5.41, 5.74) is 3.50. The number of rotatable bonds is 9. The number of piperidine rings is 1. The lowest BCUT2D eigenvalue weighted by Crippen LogP contribution is -2.43. The van der Waals surface area contributed by atoms with E-state index in [1.54, 1.807) is 18.2 Å². The molecule has 1 fully saturated rings. The molecule has 1 amide bonds. The molecule has 33 heavy (non-hydrogen) atoms. The van der Waals surface area contributed by atoms with Crippen molar-refractivity contribution in [1.82, 2.24) is 9.80 Å². The zero-order valence-electron chi connectivity index (χ0n) is 19.7. The van der Waals surface area contributed by atoms with E-state index in [4.69, 9.17) is 5.11 Å². The summed E-state index contributed by atoms with van der Waals surface area (Å²) < 4.78 is 0. The maximum atomic E-state index is 12.7. The second-order valence-electron chi connectivity index (χ2n) is 8.40. The zero-order chi connectivity index (χ0) is 23.8. The molecule has 1 aliphatic rings. The summed E-state index contributed by atoms with van der Waals surface area (Å²) in [6.07, 6.45) is 4.57. The molecule has 6 heteroatoms. The third-order valence-corrected chi connectivity index (χ3v) is 6.21. The Kier molecular flexibility index (Phi) is 8.55. The minimum Gasteiger partial charge on any atom is -0.516 e.